The van der Waals surface area contributed by atoms with Crippen LogP contribution in [-0.4, -0.2) is 19.0 Å². The van der Waals surface area contributed by atoms with Crippen molar-refractivity contribution in [2.75, 3.05) is 12.4 Å². The summed E-state index contributed by atoms with van der Waals surface area (Å²) in [5.41, 5.74) is 2.02. The van der Waals surface area contributed by atoms with Gasteiger partial charge in [0.05, 0.1) is 19.1 Å². The molecule has 6 heteroatoms. The van der Waals surface area contributed by atoms with Crippen LogP contribution in [0.15, 0.2) is 22.1 Å². The highest BCUT2D eigenvalue weighted by molar-refractivity contribution is 7.12. The maximum atomic E-state index is 12.1. The number of anilines is 1. The maximum Gasteiger partial charge on any atom is 0.350 e. The third-order valence-electron chi connectivity index (χ3n) is 2.65. The molecule has 0 aliphatic rings. The Morgan fingerprint density at radius 2 is 2.05 bits per heavy atom. The Labute approximate surface area is 114 Å². The van der Waals surface area contributed by atoms with Crippen LogP contribution >= 0.6 is 11.3 Å². The fourth-order valence-electron chi connectivity index (χ4n) is 1.62. The number of ether oxygens (including phenoxy) is 1. The molecule has 1 N–H and O–H groups in total. The quantitative estimate of drug-likeness (QED) is 0.877. The van der Waals surface area contributed by atoms with Crippen molar-refractivity contribution in [1.82, 2.24) is 0 Å². The second kappa shape index (κ2) is 5.27. The molecule has 5 nitrogen and oxygen atoms in total. The lowest BCUT2D eigenvalue weighted by molar-refractivity contribution is 0.0607. The molecular weight excluding hydrogens is 266 g/mol. The third kappa shape index (κ3) is 2.53. The second-order valence-corrected chi connectivity index (χ2v) is 4.88. The van der Waals surface area contributed by atoms with Crippen LogP contribution in [-0.2, 0) is 4.74 Å². The standard InChI is InChI=1S/C13H13NO4S/c1-7-4-5-18-10(7)12(15)14-9-8(2)6-19-11(9)13(16)17-3/h4-6H,1-3H3,(H,14,15). The van der Waals surface area contributed by atoms with E-state index in [-0.39, 0.29) is 11.7 Å². The van der Waals surface area contributed by atoms with Crippen molar-refractivity contribution < 1.29 is 18.7 Å². The molecule has 0 fully saturated rings. The van der Waals surface area contributed by atoms with E-state index in [0.29, 0.717) is 10.6 Å². The zero-order valence-corrected chi connectivity index (χ0v) is 11.6. The molecule has 0 radical (unpaired) electrons. The summed E-state index contributed by atoms with van der Waals surface area (Å²) in [4.78, 5) is 24.0. The number of carbonyl (C=O) groups excluding carboxylic acids is 2. The predicted octanol–water partition coefficient (Wildman–Crippen LogP) is 3.00. The summed E-state index contributed by atoms with van der Waals surface area (Å²) >= 11 is 1.23. The molecule has 2 aromatic heterocycles. The van der Waals surface area contributed by atoms with Crippen LogP contribution < -0.4 is 5.32 Å². The lowest BCUT2D eigenvalue weighted by Gasteiger charge is -2.06. The van der Waals surface area contributed by atoms with E-state index in [9.17, 15) is 9.59 Å². The van der Waals surface area contributed by atoms with E-state index in [1.54, 1.807) is 18.4 Å². The highest BCUT2D eigenvalue weighted by atomic mass is 32.1. The number of nitrogens with one attached hydrogen (secondary N) is 1. The zero-order chi connectivity index (χ0) is 14.0. The summed E-state index contributed by atoms with van der Waals surface area (Å²) in [6, 6.07) is 1.70. The maximum absolute atomic E-state index is 12.1. The first-order chi connectivity index (χ1) is 9.04. The van der Waals surface area contributed by atoms with Gasteiger partial charge in [-0.05, 0) is 30.9 Å². The second-order valence-electron chi connectivity index (χ2n) is 4.00. The summed E-state index contributed by atoms with van der Waals surface area (Å²) in [5.74, 6) is -0.611. The van der Waals surface area contributed by atoms with Crippen molar-refractivity contribution in [3.8, 4) is 0 Å². The first-order valence-corrected chi connectivity index (χ1v) is 6.44. The fourth-order valence-corrected chi connectivity index (χ4v) is 2.54. The molecule has 0 aliphatic carbocycles. The first kappa shape index (κ1) is 13.4. The lowest BCUT2D eigenvalue weighted by Crippen LogP contribution is -2.15. The number of hydrogen-bond donors (Lipinski definition) is 1. The molecule has 19 heavy (non-hydrogen) atoms. The van der Waals surface area contributed by atoms with Crippen LogP contribution in [0.2, 0.25) is 0 Å². The number of rotatable bonds is 3. The molecule has 1 amide bonds. The van der Waals surface area contributed by atoms with Crippen LogP contribution in [0.4, 0.5) is 5.69 Å². The number of esters is 1. The Bertz CT molecular complexity index is 626. The van der Waals surface area contributed by atoms with Gasteiger partial charge in [0.2, 0.25) is 0 Å². The minimum Gasteiger partial charge on any atom is -0.465 e. The molecule has 2 rings (SSSR count). The number of amides is 1. The van der Waals surface area contributed by atoms with E-state index in [0.717, 1.165) is 11.1 Å². The van der Waals surface area contributed by atoms with Crippen molar-refractivity contribution >= 4 is 28.9 Å². The van der Waals surface area contributed by atoms with Gasteiger partial charge in [-0.1, -0.05) is 0 Å². The highest BCUT2D eigenvalue weighted by Gasteiger charge is 2.21. The van der Waals surface area contributed by atoms with Crippen LogP contribution in [0, 0.1) is 13.8 Å². The molecule has 0 aromatic carbocycles. The number of furan rings is 1. The summed E-state index contributed by atoms with van der Waals surface area (Å²) in [5, 5.41) is 4.48. The lowest BCUT2D eigenvalue weighted by atomic mass is 10.2. The normalized spacial score (nSPS) is 10.3. The van der Waals surface area contributed by atoms with Gasteiger partial charge in [0, 0.05) is 5.56 Å². The van der Waals surface area contributed by atoms with E-state index in [4.69, 9.17) is 4.42 Å². The summed E-state index contributed by atoms with van der Waals surface area (Å²) in [6.45, 7) is 3.59. The molecule has 100 valence electrons. The van der Waals surface area contributed by atoms with Gasteiger partial charge in [-0.2, -0.15) is 0 Å². The van der Waals surface area contributed by atoms with Crippen molar-refractivity contribution in [1.29, 1.82) is 0 Å². The number of methoxy groups -OCH3 is 1. The Kier molecular flexibility index (Phi) is 3.71. The Hall–Kier alpha value is -2.08. The van der Waals surface area contributed by atoms with Crippen molar-refractivity contribution in [2.24, 2.45) is 0 Å². The Morgan fingerprint density at radius 1 is 1.32 bits per heavy atom. The van der Waals surface area contributed by atoms with E-state index in [1.807, 2.05) is 6.92 Å². The first-order valence-electron chi connectivity index (χ1n) is 5.56. The highest BCUT2D eigenvalue weighted by Crippen LogP contribution is 2.29. The molecule has 0 saturated heterocycles. The predicted molar refractivity (Wildman–Crippen MR) is 71.8 cm³/mol. The summed E-state index contributed by atoms with van der Waals surface area (Å²) < 4.78 is 9.80. The van der Waals surface area contributed by atoms with Crippen LogP contribution in [0.1, 0.15) is 31.4 Å². The topological polar surface area (TPSA) is 68.5 Å². The molecule has 0 aliphatic heterocycles. The minimum atomic E-state index is -0.468. The van der Waals surface area contributed by atoms with E-state index >= 15 is 0 Å². The molecule has 0 bridgehead atoms. The van der Waals surface area contributed by atoms with Crippen molar-refractivity contribution in [2.45, 2.75) is 13.8 Å². The number of carbonyl (C=O) groups is 2. The smallest absolute Gasteiger partial charge is 0.350 e. The summed E-state index contributed by atoms with van der Waals surface area (Å²) in [7, 11) is 1.31. The number of thiophene rings is 1. The minimum absolute atomic E-state index is 0.237. The van der Waals surface area contributed by atoms with E-state index in [1.165, 1.54) is 24.7 Å². The van der Waals surface area contributed by atoms with Gasteiger partial charge in [-0.25, -0.2) is 4.79 Å². The molecule has 2 aromatic rings. The SMILES string of the molecule is COC(=O)c1scc(C)c1NC(=O)c1occc1C. The Morgan fingerprint density at radius 3 is 2.63 bits per heavy atom. The summed E-state index contributed by atoms with van der Waals surface area (Å²) in [6.07, 6.45) is 1.45. The van der Waals surface area contributed by atoms with Gasteiger partial charge in [-0.15, -0.1) is 11.3 Å². The molecule has 2 heterocycles. The molecule has 0 spiro atoms. The average Bonchev–Trinajstić information content (AvgIpc) is 2.96. The molecular formula is C13H13NO4S. The largest absolute Gasteiger partial charge is 0.465 e. The number of aryl methyl sites for hydroxylation is 2. The van der Waals surface area contributed by atoms with Crippen LogP contribution in [0.5, 0.6) is 0 Å². The molecule has 0 saturated carbocycles. The zero-order valence-electron chi connectivity index (χ0n) is 10.8. The Balaban J connectivity index is 2.29. The third-order valence-corrected chi connectivity index (χ3v) is 3.73. The van der Waals surface area contributed by atoms with Gasteiger partial charge in [0.25, 0.3) is 5.91 Å². The van der Waals surface area contributed by atoms with Gasteiger partial charge < -0.3 is 14.5 Å². The number of hydrogen-bond acceptors (Lipinski definition) is 5. The van der Waals surface area contributed by atoms with Gasteiger partial charge >= 0.3 is 5.97 Å². The van der Waals surface area contributed by atoms with Crippen molar-refractivity contribution in [3.05, 3.63) is 39.5 Å². The van der Waals surface area contributed by atoms with Crippen LogP contribution in [0.25, 0.3) is 0 Å². The molecule has 0 unspecified atom stereocenters. The van der Waals surface area contributed by atoms with Gasteiger partial charge in [0.1, 0.15) is 4.88 Å². The average molecular weight is 279 g/mol. The molecule has 0 atom stereocenters. The van der Waals surface area contributed by atoms with Gasteiger partial charge in [0.15, 0.2) is 5.76 Å². The fraction of sp³-hybridized carbons (Fsp3) is 0.231. The van der Waals surface area contributed by atoms with E-state index in [2.05, 4.69) is 10.1 Å². The van der Waals surface area contributed by atoms with E-state index < -0.39 is 5.97 Å². The van der Waals surface area contributed by atoms with Crippen molar-refractivity contribution in [3.63, 3.8) is 0 Å². The van der Waals surface area contributed by atoms with Gasteiger partial charge in [-0.3, -0.25) is 4.79 Å². The van der Waals surface area contributed by atoms with Crippen LogP contribution in [0.3, 0.4) is 0 Å². The monoisotopic (exact) mass is 279 g/mol.